The largest absolute Gasteiger partial charge is 0.480 e. The lowest BCUT2D eigenvalue weighted by Gasteiger charge is -2.35. The molecule has 0 bridgehead atoms. The molecule has 3 saturated heterocycles. The van der Waals surface area contributed by atoms with Gasteiger partial charge in [0.05, 0.1) is 0 Å². The van der Waals surface area contributed by atoms with E-state index in [0.29, 0.717) is 18.3 Å². The van der Waals surface area contributed by atoms with Crippen molar-refractivity contribution in [2.75, 3.05) is 44.2 Å². The summed E-state index contributed by atoms with van der Waals surface area (Å²) < 4.78 is 0. The molecule has 2 unspecified atom stereocenters. The van der Waals surface area contributed by atoms with Crippen LogP contribution in [-0.2, 0) is 4.79 Å². The molecule has 2 atom stereocenters. The van der Waals surface area contributed by atoms with Gasteiger partial charge in [0.15, 0.2) is 0 Å². The Labute approximate surface area is 129 Å². The fraction of sp³-hybridized carbons (Fsp3) is 0.857. The van der Waals surface area contributed by atoms with Crippen molar-refractivity contribution in [1.29, 1.82) is 0 Å². The minimum atomic E-state index is -0.883. The second-order valence-corrected chi connectivity index (χ2v) is 7.19. The van der Waals surface area contributed by atoms with E-state index in [1.807, 2.05) is 4.90 Å². The van der Waals surface area contributed by atoms with Gasteiger partial charge in [-0.15, -0.1) is 0 Å². The van der Waals surface area contributed by atoms with E-state index >= 15 is 0 Å². The predicted octanol–water partition coefficient (Wildman–Crippen LogP) is 0.778. The number of likely N-dealkylation sites (tertiary alicyclic amines) is 2. The molecule has 2 amide bonds. The number of amides is 2. The van der Waals surface area contributed by atoms with Gasteiger partial charge < -0.3 is 14.9 Å². The Morgan fingerprint density at radius 3 is 2.57 bits per heavy atom. The predicted molar refractivity (Wildman–Crippen MR) is 81.6 cm³/mol. The van der Waals surface area contributed by atoms with E-state index in [1.165, 1.54) is 12.8 Å². The average Bonchev–Trinajstić information content (AvgIpc) is 3.17. The third kappa shape index (κ3) is 3.13. The molecule has 3 heterocycles. The Kier molecular flexibility index (Phi) is 4.59. The Morgan fingerprint density at radius 2 is 1.86 bits per heavy atom. The molecule has 0 aliphatic carbocycles. The second kappa shape index (κ2) is 6.44. The van der Waals surface area contributed by atoms with Crippen molar-refractivity contribution in [3.8, 4) is 0 Å². The van der Waals surface area contributed by atoms with Gasteiger partial charge >= 0.3 is 12.0 Å². The molecule has 6 nitrogen and oxygen atoms in total. The van der Waals surface area contributed by atoms with Gasteiger partial charge in [-0.3, -0.25) is 4.90 Å². The first-order valence-electron chi connectivity index (χ1n) is 7.77. The highest BCUT2D eigenvalue weighted by Gasteiger charge is 2.38. The van der Waals surface area contributed by atoms with Gasteiger partial charge in [-0.25, -0.2) is 9.59 Å². The summed E-state index contributed by atoms with van der Waals surface area (Å²) in [5, 5.41) is 9.29. The smallest absolute Gasteiger partial charge is 0.327 e. The first kappa shape index (κ1) is 15.0. The monoisotopic (exact) mass is 313 g/mol. The maximum absolute atomic E-state index is 12.6. The van der Waals surface area contributed by atoms with E-state index in [4.69, 9.17) is 0 Å². The van der Waals surface area contributed by atoms with Gasteiger partial charge in [0, 0.05) is 37.2 Å². The molecule has 21 heavy (non-hydrogen) atoms. The summed E-state index contributed by atoms with van der Waals surface area (Å²) in [5.74, 6) is 0.453. The maximum atomic E-state index is 12.6. The van der Waals surface area contributed by atoms with Crippen LogP contribution in [0.15, 0.2) is 0 Å². The zero-order chi connectivity index (χ0) is 14.8. The minimum absolute atomic E-state index is 0.0793. The van der Waals surface area contributed by atoms with E-state index in [0.717, 1.165) is 38.4 Å². The van der Waals surface area contributed by atoms with E-state index in [-0.39, 0.29) is 6.03 Å². The lowest BCUT2D eigenvalue weighted by Crippen LogP contribution is -2.54. The van der Waals surface area contributed by atoms with Crippen molar-refractivity contribution in [2.45, 2.75) is 31.3 Å². The molecule has 3 rings (SSSR count). The number of urea groups is 1. The number of carbonyl (C=O) groups is 2. The van der Waals surface area contributed by atoms with Crippen LogP contribution in [-0.4, -0.2) is 88.1 Å². The zero-order valence-electron chi connectivity index (χ0n) is 12.2. The van der Waals surface area contributed by atoms with Gasteiger partial charge in [0.1, 0.15) is 6.04 Å². The van der Waals surface area contributed by atoms with Crippen LogP contribution in [0.5, 0.6) is 0 Å². The molecule has 0 saturated carbocycles. The molecule has 7 heteroatoms. The van der Waals surface area contributed by atoms with Gasteiger partial charge in [0.25, 0.3) is 0 Å². The van der Waals surface area contributed by atoms with Gasteiger partial charge in [-0.1, -0.05) is 0 Å². The summed E-state index contributed by atoms with van der Waals surface area (Å²) in [4.78, 5) is 29.9. The van der Waals surface area contributed by atoms with Crippen molar-refractivity contribution in [3.63, 3.8) is 0 Å². The number of thioether (sulfide) groups is 1. The fourth-order valence-electron chi connectivity index (χ4n) is 3.54. The number of carboxylic acids is 1. The normalized spacial score (nSPS) is 30.9. The zero-order valence-corrected chi connectivity index (χ0v) is 13.1. The van der Waals surface area contributed by atoms with Crippen molar-refractivity contribution in [3.05, 3.63) is 0 Å². The molecule has 3 aliphatic rings. The molecule has 3 fully saturated rings. The number of hydrogen-bond donors (Lipinski definition) is 1. The molecule has 1 N–H and O–H groups in total. The third-order valence-corrected chi connectivity index (χ3v) is 5.77. The highest BCUT2D eigenvalue weighted by atomic mass is 32.2. The maximum Gasteiger partial charge on any atom is 0.327 e. The first-order chi connectivity index (χ1) is 10.2. The minimum Gasteiger partial charge on any atom is -0.480 e. The summed E-state index contributed by atoms with van der Waals surface area (Å²) in [6.07, 6.45) is 3.54. The third-order valence-electron chi connectivity index (χ3n) is 4.75. The van der Waals surface area contributed by atoms with E-state index < -0.39 is 12.0 Å². The molecule has 0 aromatic heterocycles. The molecular weight excluding hydrogens is 290 g/mol. The van der Waals surface area contributed by atoms with Crippen LogP contribution in [0, 0.1) is 0 Å². The molecule has 118 valence electrons. The van der Waals surface area contributed by atoms with Crippen LogP contribution in [0.3, 0.4) is 0 Å². The number of aliphatic carboxylic acids is 1. The molecule has 0 radical (unpaired) electrons. The second-order valence-electron chi connectivity index (χ2n) is 6.04. The van der Waals surface area contributed by atoms with E-state index in [2.05, 4.69) is 4.90 Å². The Hall–Kier alpha value is -0.950. The van der Waals surface area contributed by atoms with E-state index in [1.54, 1.807) is 16.7 Å². The standard InChI is InChI=1S/C14H23N3O3S/c18-13(19)12-10-21-8-7-17(12)14(20)16-6-3-11(9-16)15-4-1-2-5-15/h11-12H,1-10H2,(H,18,19). The van der Waals surface area contributed by atoms with Gasteiger partial charge in [-0.05, 0) is 32.4 Å². The van der Waals surface area contributed by atoms with Crippen LogP contribution in [0.2, 0.25) is 0 Å². The molecule has 0 spiro atoms. The Bertz CT molecular complexity index is 414. The van der Waals surface area contributed by atoms with E-state index in [9.17, 15) is 14.7 Å². The molecule has 0 aromatic carbocycles. The number of hydrogen-bond acceptors (Lipinski definition) is 4. The first-order valence-corrected chi connectivity index (χ1v) is 8.92. The van der Waals surface area contributed by atoms with Crippen LogP contribution >= 0.6 is 11.8 Å². The van der Waals surface area contributed by atoms with Crippen LogP contribution in [0.4, 0.5) is 4.79 Å². The summed E-state index contributed by atoms with van der Waals surface area (Å²) in [6.45, 7) is 4.35. The fourth-order valence-corrected chi connectivity index (χ4v) is 4.58. The molecule has 3 aliphatic heterocycles. The van der Waals surface area contributed by atoms with Crippen LogP contribution < -0.4 is 0 Å². The van der Waals surface area contributed by atoms with Crippen molar-refractivity contribution in [2.24, 2.45) is 0 Å². The summed E-state index contributed by atoms with van der Waals surface area (Å²) in [7, 11) is 0. The average molecular weight is 313 g/mol. The van der Waals surface area contributed by atoms with Gasteiger partial charge in [-0.2, -0.15) is 11.8 Å². The lowest BCUT2D eigenvalue weighted by atomic mass is 10.2. The Morgan fingerprint density at radius 1 is 1.10 bits per heavy atom. The van der Waals surface area contributed by atoms with Crippen molar-refractivity contribution >= 4 is 23.8 Å². The quantitative estimate of drug-likeness (QED) is 0.816. The Balaban J connectivity index is 1.60. The lowest BCUT2D eigenvalue weighted by molar-refractivity contribution is -0.141. The van der Waals surface area contributed by atoms with Crippen LogP contribution in [0.25, 0.3) is 0 Å². The molecule has 0 aromatic rings. The SMILES string of the molecule is O=C(O)C1CSCCN1C(=O)N1CCC(N2CCCC2)C1. The number of nitrogens with zero attached hydrogens (tertiary/aromatic N) is 3. The van der Waals surface area contributed by atoms with Crippen LogP contribution in [0.1, 0.15) is 19.3 Å². The van der Waals surface area contributed by atoms with Gasteiger partial charge in [0.2, 0.25) is 0 Å². The molecular formula is C14H23N3O3S. The number of carboxylic acid groups (broad SMARTS) is 1. The highest BCUT2D eigenvalue weighted by molar-refractivity contribution is 7.99. The summed E-state index contributed by atoms with van der Waals surface area (Å²) >= 11 is 1.61. The summed E-state index contributed by atoms with van der Waals surface area (Å²) in [6, 6.07) is -0.273. The highest BCUT2D eigenvalue weighted by Crippen LogP contribution is 2.24. The summed E-state index contributed by atoms with van der Waals surface area (Å²) in [5.41, 5.74) is 0. The number of carbonyl (C=O) groups excluding carboxylic acids is 1. The topological polar surface area (TPSA) is 64.1 Å². The van der Waals surface area contributed by atoms with Crippen molar-refractivity contribution < 1.29 is 14.7 Å². The number of rotatable bonds is 2. The van der Waals surface area contributed by atoms with Crippen molar-refractivity contribution in [1.82, 2.24) is 14.7 Å².